The minimum atomic E-state index is -0.264. The van der Waals surface area contributed by atoms with E-state index in [1.807, 2.05) is 60.3 Å². The van der Waals surface area contributed by atoms with Crippen molar-refractivity contribution in [2.45, 2.75) is 45.7 Å². The smallest absolute Gasteiger partial charge is 0.319 e. The number of rotatable bonds is 8. The summed E-state index contributed by atoms with van der Waals surface area (Å²) in [6, 6.07) is 13.3. The van der Waals surface area contributed by atoms with Crippen molar-refractivity contribution >= 4 is 11.7 Å². The van der Waals surface area contributed by atoms with Gasteiger partial charge in [0, 0.05) is 24.1 Å². The summed E-state index contributed by atoms with van der Waals surface area (Å²) in [5.74, 6) is 0.752. The minimum absolute atomic E-state index is 0.230. The molecule has 0 aliphatic rings. The Hall–Kier alpha value is -3.22. The maximum absolute atomic E-state index is 12.3. The molecule has 0 fully saturated rings. The van der Waals surface area contributed by atoms with Gasteiger partial charge < -0.3 is 10.6 Å². The summed E-state index contributed by atoms with van der Waals surface area (Å²) in [6.45, 7) is 4.76. The Morgan fingerprint density at radius 1 is 1.11 bits per heavy atom. The quantitative estimate of drug-likeness (QED) is 0.625. The molecule has 0 saturated heterocycles. The van der Waals surface area contributed by atoms with Gasteiger partial charge in [-0.3, -0.25) is 4.98 Å². The number of carbonyl (C=O) groups excluding carboxylic acids is 1. The van der Waals surface area contributed by atoms with Crippen LogP contribution in [-0.2, 0) is 19.4 Å². The number of nitrogens with zero attached hydrogens (tertiary/aromatic N) is 4. The number of hydrogen-bond donors (Lipinski definition) is 2. The van der Waals surface area contributed by atoms with Gasteiger partial charge in [0.1, 0.15) is 12.2 Å². The zero-order chi connectivity index (χ0) is 19.8. The predicted molar refractivity (Wildman–Crippen MR) is 109 cm³/mol. The lowest BCUT2D eigenvalue weighted by molar-refractivity contribution is 0.248. The van der Waals surface area contributed by atoms with Crippen molar-refractivity contribution in [3.05, 3.63) is 72.1 Å². The number of hydrogen-bond acceptors (Lipinski definition) is 4. The first kappa shape index (κ1) is 19.5. The molecule has 1 atom stereocenters. The van der Waals surface area contributed by atoms with Crippen LogP contribution in [0.25, 0.3) is 0 Å². The van der Waals surface area contributed by atoms with Gasteiger partial charge in [-0.2, -0.15) is 5.10 Å². The maximum atomic E-state index is 12.3. The van der Waals surface area contributed by atoms with Crippen LogP contribution in [0, 0.1) is 0 Å². The molecule has 7 heteroatoms. The van der Waals surface area contributed by atoms with E-state index in [4.69, 9.17) is 0 Å². The Kier molecular flexibility index (Phi) is 6.73. The van der Waals surface area contributed by atoms with Crippen LogP contribution in [0.5, 0.6) is 0 Å². The summed E-state index contributed by atoms with van der Waals surface area (Å²) < 4.78 is 1.82. The topological polar surface area (TPSA) is 84.7 Å². The van der Waals surface area contributed by atoms with E-state index in [0.717, 1.165) is 43.0 Å². The average molecular weight is 378 g/mol. The summed E-state index contributed by atoms with van der Waals surface area (Å²) in [7, 11) is 0. The zero-order valence-electron chi connectivity index (χ0n) is 16.3. The fourth-order valence-electron chi connectivity index (χ4n) is 2.99. The first-order valence-corrected chi connectivity index (χ1v) is 9.59. The van der Waals surface area contributed by atoms with Gasteiger partial charge >= 0.3 is 6.03 Å². The van der Waals surface area contributed by atoms with E-state index < -0.39 is 0 Å². The molecule has 2 heterocycles. The third kappa shape index (κ3) is 5.39. The molecule has 146 valence electrons. The van der Waals surface area contributed by atoms with Gasteiger partial charge in [-0.05, 0) is 56.0 Å². The number of aryl methyl sites for hydroxylation is 3. The van der Waals surface area contributed by atoms with Gasteiger partial charge in [0.2, 0.25) is 0 Å². The highest BCUT2D eigenvalue weighted by molar-refractivity contribution is 5.89. The Labute approximate surface area is 165 Å². The molecule has 2 N–H and O–H groups in total. The molecule has 2 aromatic heterocycles. The highest BCUT2D eigenvalue weighted by atomic mass is 16.2. The van der Waals surface area contributed by atoms with Crippen LogP contribution in [0.1, 0.15) is 43.4 Å². The standard InChI is InChI=1S/C21H26N6O/c1-3-14-27-20(23-15-24-27)16(2)25-21(28)26-19-11-8-17(9-12-19)7-10-18-6-4-5-13-22-18/h4-6,8-9,11-13,15-16H,3,7,10,14H2,1-2H3,(H2,25,26,28)/t16-/m0/s1. The van der Waals surface area contributed by atoms with Crippen molar-refractivity contribution in [2.75, 3.05) is 5.32 Å². The van der Waals surface area contributed by atoms with Gasteiger partial charge in [0.25, 0.3) is 0 Å². The SMILES string of the molecule is CCCn1ncnc1[C@H](C)NC(=O)Nc1ccc(CCc2ccccn2)cc1. The average Bonchev–Trinajstić information content (AvgIpc) is 3.17. The monoisotopic (exact) mass is 378 g/mol. The molecule has 0 saturated carbocycles. The van der Waals surface area contributed by atoms with E-state index in [1.54, 1.807) is 0 Å². The molecular formula is C21H26N6O. The lowest BCUT2D eigenvalue weighted by atomic mass is 10.1. The Balaban J connectivity index is 1.50. The van der Waals surface area contributed by atoms with Gasteiger partial charge in [0.15, 0.2) is 0 Å². The molecular weight excluding hydrogens is 352 g/mol. The molecule has 7 nitrogen and oxygen atoms in total. The third-order valence-corrected chi connectivity index (χ3v) is 4.42. The second-order valence-electron chi connectivity index (χ2n) is 6.68. The molecule has 3 aromatic rings. The van der Waals surface area contributed by atoms with Crippen molar-refractivity contribution in [3.8, 4) is 0 Å². The highest BCUT2D eigenvalue weighted by Crippen LogP contribution is 2.13. The molecule has 0 unspecified atom stereocenters. The third-order valence-electron chi connectivity index (χ3n) is 4.42. The summed E-state index contributed by atoms with van der Waals surface area (Å²) in [6.07, 6.45) is 6.09. The number of pyridine rings is 1. The van der Waals surface area contributed by atoms with Crippen LogP contribution in [0.15, 0.2) is 55.0 Å². The van der Waals surface area contributed by atoms with Crippen molar-refractivity contribution < 1.29 is 4.79 Å². The van der Waals surface area contributed by atoms with E-state index in [2.05, 4.69) is 32.6 Å². The van der Waals surface area contributed by atoms with E-state index in [0.29, 0.717) is 0 Å². The largest absolute Gasteiger partial charge is 0.328 e. The van der Waals surface area contributed by atoms with Crippen LogP contribution < -0.4 is 10.6 Å². The Morgan fingerprint density at radius 2 is 1.93 bits per heavy atom. The maximum Gasteiger partial charge on any atom is 0.319 e. The molecule has 2 amide bonds. The zero-order valence-corrected chi connectivity index (χ0v) is 16.3. The lowest BCUT2D eigenvalue weighted by Crippen LogP contribution is -2.32. The van der Waals surface area contributed by atoms with E-state index >= 15 is 0 Å². The Bertz CT molecular complexity index is 875. The van der Waals surface area contributed by atoms with Gasteiger partial charge in [-0.1, -0.05) is 25.1 Å². The Morgan fingerprint density at radius 3 is 2.64 bits per heavy atom. The van der Waals surface area contributed by atoms with Gasteiger partial charge in [0.05, 0.1) is 6.04 Å². The summed E-state index contributed by atoms with van der Waals surface area (Å²) in [5.41, 5.74) is 3.04. The van der Waals surface area contributed by atoms with E-state index in [1.165, 1.54) is 11.9 Å². The van der Waals surface area contributed by atoms with E-state index in [-0.39, 0.29) is 12.1 Å². The first-order valence-electron chi connectivity index (χ1n) is 9.59. The first-order chi connectivity index (χ1) is 13.7. The summed E-state index contributed by atoms with van der Waals surface area (Å²) in [4.78, 5) is 20.9. The number of urea groups is 1. The van der Waals surface area contributed by atoms with Crippen LogP contribution in [-0.4, -0.2) is 25.8 Å². The van der Waals surface area contributed by atoms with Crippen LogP contribution in [0.2, 0.25) is 0 Å². The number of amides is 2. The van der Waals surface area contributed by atoms with Crippen molar-refractivity contribution in [1.82, 2.24) is 25.1 Å². The molecule has 0 bridgehead atoms. The van der Waals surface area contributed by atoms with E-state index in [9.17, 15) is 4.79 Å². The molecule has 0 aliphatic heterocycles. The molecule has 28 heavy (non-hydrogen) atoms. The van der Waals surface area contributed by atoms with Gasteiger partial charge in [-0.15, -0.1) is 0 Å². The molecule has 1 aromatic carbocycles. The van der Waals surface area contributed by atoms with Crippen LogP contribution in [0.4, 0.5) is 10.5 Å². The number of anilines is 1. The second kappa shape index (κ2) is 9.64. The fourth-order valence-corrected chi connectivity index (χ4v) is 2.99. The lowest BCUT2D eigenvalue weighted by Gasteiger charge is -2.15. The van der Waals surface area contributed by atoms with Crippen molar-refractivity contribution in [3.63, 3.8) is 0 Å². The minimum Gasteiger partial charge on any atom is -0.328 e. The molecule has 0 aliphatic carbocycles. The summed E-state index contributed by atoms with van der Waals surface area (Å²) in [5, 5.41) is 9.97. The van der Waals surface area contributed by atoms with Crippen LogP contribution >= 0.6 is 0 Å². The number of carbonyl (C=O) groups is 1. The predicted octanol–water partition coefficient (Wildman–Crippen LogP) is 3.75. The number of nitrogens with one attached hydrogen (secondary N) is 2. The fraction of sp³-hybridized carbons (Fsp3) is 0.333. The highest BCUT2D eigenvalue weighted by Gasteiger charge is 2.15. The number of aromatic nitrogens is 4. The molecule has 0 spiro atoms. The number of benzene rings is 1. The molecule has 3 rings (SSSR count). The van der Waals surface area contributed by atoms with Gasteiger partial charge in [-0.25, -0.2) is 14.5 Å². The normalized spacial score (nSPS) is 11.8. The molecule has 0 radical (unpaired) electrons. The van der Waals surface area contributed by atoms with Crippen molar-refractivity contribution in [1.29, 1.82) is 0 Å². The summed E-state index contributed by atoms with van der Waals surface area (Å²) >= 11 is 0. The van der Waals surface area contributed by atoms with Crippen LogP contribution in [0.3, 0.4) is 0 Å². The second-order valence-corrected chi connectivity index (χ2v) is 6.68. The van der Waals surface area contributed by atoms with Crippen molar-refractivity contribution in [2.24, 2.45) is 0 Å².